The maximum atomic E-state index is 4.41. The van der Waals surface area contributed by atoms with Crippen LogP contribution in [0.25, 0.3) is 0 Å². The van der Waals surface area contributed by atoms with E-state index >= 15 is 0 Å². The third-order valence-corrected chi connectivity index (χ3v) is 5.14. The second-order valence-corrected chi connectivity index (χ2v) is 6.99. The summed E-state index contributed by atoms with van der Waals surface area (Å²) in [4.78, 5) is 7.08. The van der Waals surface area contributed by atoms with E-state index in [1.807, 2.05) is 6.20 Å². The average Bonchev–Trinajstić information content (AvgIpc) is 3.15. The van der Waals surface area contributed by atoms with Gasteiger partial charge in [0, 0.05) is 31.4 Å². The van der Waals surface area contributed by atoms with Crippen molar-refractivity contribution >= 4 is 5.69 Å². The van der Waals surface area contributed by atoms with Crippen molar-refractivity contribution in [1.82, 2.24) is 10.3 Å². The van der Waals surface area contributed by atoms with Gasteiger partial charge < -0.3 is 10.2 Å². The molecule has 0 aromatic carbocycles. The Bertz CT molecular complexity index is 452. The molecular formula is C18H29N3. The molecular weight excluding hydrogens is 258 g/mol. The van der Waals surface area contributed by atoms with Crippen LogP contribution in [0.3, 0.4) is 0 Å². The number of anilines is 1. The van der Waals surface area contributed by atoms with Gasteiger partial charge in [0.15, 0.2) is 0 Å². The van der Waals surface area contributed by atoms with Gasteiger partial charge in [-0.3, -0.25) is 4.98 Å². The van der Waals surface area contributed by atoms with Crippen LogP contribution in [0.5, 0.6) is 0 Å². The molecule has 1 aliphatic heterocycles. The zero-order chi connectivity index (χ0) is 14.7. The van der Waals surface area contributed by atoms with Crippen molar-refractivity contribution in [3.8, 4) is 0 Å². The molecule has 1 saturated carbocycles. The molecule has 1 aromatic rings. The first-order valence-corrected chi connectivity index (χ1v) is 8.68. The van der Waals surface area contributed by atoms with Crippen molar-refractivity contribution in [3.63, 3.8) is 0 Å². The van der Waals surface area contributed by atoms with E-state index in [0.29, 0.717) is 6.04 Å². The molecule has 1 atom stereocenters. The number of rotatable bonds is 5. The number of aromatic nitrogens is 1. The lowest BCUT2D eigenvalue weighted by atomic mass is 9.95. The smallest absolute Gasteiger partial charge is 0.0600 e. The molecule has 0 bridgehead atoms. The van der Waals surface area contributed by atoms with Gasteiger partial charge in [-0.2, -0.15) is 0 Å². The van der Waals surface area contributed by atoms with Crippen LogP contribution in [0.15, 0.2) is 18.5 Å². The summed E-state index contributed by atoms with van der Waals surface area (Å²) in [5, 5.41) is 3.56. The van der Waals surface area contributed by atoms with Crippen LogP contribution in [0, 0.1) is 5.92 Å². The molecule has 1 N–H and O–H groups in total. The lowest BCUT2D eigenvalue weighted by Crippen LogP contribution is -2.36. The first-order chi connectivity index (χ1) is 10.3. The van der Waals surface area contributed by atoms with E-state index in [0.717, 1.165) is 18.5 Å². The topological polar surface area (TPSA) is 28.2 Å². The molecule has 3 heteroatoms. The van der Waals surface area contributed by atoms with Crippen LogP contribution in [0.4, 0.5) is 5.69 Å². The predicted molar refractivity (Wildman–Crippen MR) is 88.5 cm³/mol. The summed E-state index contributed by atoms with van der Waals surface area (Å²) >= 11 is 0. The summed E-state index contributed by atoms with van der Waals surface area (Å²) in [6, 6.07) is 3.47. The first-order valence-electron chi connectivity index (χ1n) is 8.68. The highest BCUT2D eigenvalue weighted by Gasteiger charge is 2.34. The van der Waals surface area contributed by atoms with E-state index in [1.165, 1.54) is 56.3 Å². The molecule has 1 saturated heterocycles. The summed E-state index contributed by atoms with van der Waals surface area (Å²) in [6.45, 7) is 6.57. The molecule has 3 nitrogen and oxygen atoms in total. The lowest BCUT2D eigenvalue weighted by Gasteiger charge is -2.32. The van der Waals surface area contributed by atoms with E-state index in [2.05, 4.69) is 41.3 Å². The van der Waals surface area contributed by atoms with Gasteiger partial charge in [0.2, 0.25) is 0 Å². The third kappa shape index (κ3) is 3.39. The minimum Gasteiger partial charge on any atom is -0.367 e. The zero-order valence-corrected chi connectivity index (χ0v) is 13.5. The Kier molecular flexibility index (Phi) is 4.79. The van der Waals surface area contributed by atoms with E-state index in [-0.39, 0.29) is 0 Å². The Labute approximate surface area is 129 Å². The molecule has 2 aliphatic rings. The van der Waals surface area contributed by atoms with Crippen LogP contribution in [-0.2, 0) is 6.54 Å². The zero-order valence-electron chi connectivity index (χ0n) is 13.5. The van der Waals surface area contributed by atoms with Gasteiger partial charge in [-0.1, -0.05) is 26.7 Å². The van der Waals surface area contributed by atoms with Crippen LogP contribution in [0.1, 0.15) is 57.9 Å². The molecule has 2 fully saturated rings. The van der Waals surface area contributed by atoms with Crippen molar-refractivity contribution < 1.29 is 0 Å². The van der Waals surface area contributed by atoms with Gasteiger partial charge in [0.1, 0.15) is 0 Å². The van der Waals surface area contributed by atoms with Gasteiger partial charge in [-0.05, 0) is 43.2 Å². The van der Waals surface area contributed by atoms with Gasteiger partial charge in [-0.15, -0.1) is 0 Å². The Morgan fingerprint density at radius 1 is 1.24 bits per heavy atom. The van der Waals surface area contributed by atoms with E-state index in [1.54, 1.807) is 0 Å². The number of hydrogen-bond acceptors (Lipinski definition) is 3. The SMILES string of the molecule is CC(C)NCc1ccncc1N1CCCC1C1CCCC1. The highest BCUT2D eigenvalue weighted by Crippen LogP contribution is 2.38. The Morgan fingerprint density at radius 2 is 2.05 bits per heavy atom. The Hall–Kier alpha value is -1.09. The van der Waals surface area contributed by atoms with Crippen molar-refractivity contribution in [2.75, 3.05) is 11.4 Å². The molecule has 0 amide bonds. The Morgan fingerprint density at radius 3 is 2.81 bits per heavy atom. The number of pyridine rings is 1. The van der Waals surface area contributed by atoms with Crippen LogP contribution in [0.2, 0.25) is 0 Å². The summed E-state index contributed by atoms with van der Waals surface area (Å²) in [5.41, 5.74) is 2.78. The van der Waals surface area contributed by atoms with E-state index in [9.17, 15) is 0 Å². The van der Waals surface area contributed by atoms with Gasteiger partial charge >= 0.3 is 0 Å². The van der Waals surface area contributed by atoms with Gasteiger partial charge in [0.05, 0.1) is 11.9 Å². The van der Waals surface area contributed by atoms with Crippen molar-refractivity contribution in [3.05, 3.63) is 24.0 Å². The fourth-order valence-electron chi connectivity index (χ4n) is 4.06. The Balaban J connectivity index is 1.78. The van der Waals surface area contributed by atoms with E-state index in [4.69, 9.17) is 0 Å². The number of nitrogens with zero attached hydrogens (tertiary/aromatic N) is 2. The summed E-state index contributed by atoms with van der Waals surface area (Å²) in [5.74, 6) is 0.915. The summed E-state index contributed by atoms with van der Waals surface area (Å²) in [7, 11) is 0. The highest BCUT2D eigenvalue weighted by atomic mass is 15.2. The van der Waals surface area contributed by atoms with Crippen LogP contribution < -0.4 is 10.2 Å². The van der Waals surface area contributed by atoms with Gasteiger partial charge in [0.25, 0.3) is 0 Å². The highest BCUT2D eigenvalue weighted by molar-refractivity contribution is 5.53. The largest absolute Gasteiger partial charge is 0.367 e. The molecule has 0 radical (unpaired) electrons. The van der Waals surface area contributed by atoms with E-state index < -0.39 is 0 Å². The molecule has 0 spiro atoms. The van der Waals surface area contributed by atoms with Crippen LogP contribution >= 0.6 is 0 Å². The molecule has 1 aliphatic carbocycles. The average molecular weight is 287 g/mol. The molecule has 21 heavy (non-hydrogen) atoms. The van der Waals surface area contributed by atoms with Gasteiger partial charge in [-0.25, -0.2) is 0 Å². The fourth-order valence-corrected chi connectivity index (χ4v) is 4.06. The van der Waals surface area contributed by atoms with Crippen molar-refractivity contribution in [1.29, 1.82) is 0 Å². The quantitative estimate of drug-likeness (QED) is 0.894. The molecule has 3 rings (SSSR count). The lowest BCUT2D eigenvalue weighted by molar-refractivity contribution is 0.430. The number of hydrogen-bond donors (Lipinski definition) is 1. The molecule has 1 unspecified atom stereocenters. The van der Waals surface area contributed by atoms with Crippen LogP contribution in [-0.4, -0.2) is 23.6 Å². The summed E-state index contributed by atoms with van der Waals surface area (Å²) < 4.78 is 0. The monoisotopic (exact) mass is 287 g/mol. The molecule has 1 aromatic heterocycles. The summed E-state index contributed by atoms with van der Waals surface area (Å²) in [6.07, 6.45) is 12.5. The third-order valence-electron chi connectivity index (χ3n) is 5.14. The maximum absolute atomic E-state index is 4.41. The molecule has 2 heterocycles. The fraction of sp³-hybridized carbons (Fsp3) is 0.722. The number of nitrogens with one attached hydrogen (secondary N) is 1. The minimum absolute atomic E-state index is 0.523. The standard InChI is InChI=1S/C18H29N3/c1-14(2)20-12-16-9-10-19-13-18(16)21-11-5-8-17(21)15-6-3-4-7-15/h9-10,13-15,17,20H,3-8,11-12H2,1-2H3. The van der Waals surface area contributed by atoms with Crippen molar-refractivity contribution in [2.24, 2.45) is 5.92 Å². The minimum atomic E-state index is 0.523. The normalized spacial score (nSPS) is 23.4. The predicted octanol–water partition coefficient (Wildman–Crippen LogP) is 3.74. The molecule has 116 valence electrons. The second kappa shape index (κ2) is 6.78. The second-order valence-electron chi connectivity index (χ2n) is 6.99. The maximum Gasteiger partial charge on any atom is 0.0600 e. The first kappa shape index (κ1) is 14.8. The van der Waals surface area contributed by atoms with Crippen molar-refractivity contribution in [2.45, 2.75) is 71.0 Å².